The Balaban J connectivity index is 4.55. The lowest BCUT2D eigenvalue weighted by molar-refractivity contribution is -0.244. The van der Waals surface area contributed by atoms with Crippen molar-refractivity contribution in [3.8, 4) is 0 Å². The Kier molecular flexibility index (Phi) is 5.12. The smallest absolute Gasteiger partial charge is 0.265 e. The van der Waals surface area contributed by atoms with E-state index in [1.165, 1.54) is 0 Å². The summed E-state index contributed by atoms with van der Waals surface area (Å²) in [6, 6.07) is 0. The van der Waals surface area contributed by atoms with Gasteiger partial charge in [0.15, 0.2) is 0 Å². The maximum absolute atomic E-state index is 12.4. The standard InChI is InChI=1S/C7H11F5O3S/c1-2-3-4-5-15-16(13,14)7(11,12)6(8,9)10/h2-5H2,1H3. The Morgan fingerprint density at radius 2 is 1.56 bits per heavy atom. The first-order chi connectivity index (χ1) is 7.06. The van der Waals surface area contributed by atoms with Gasteiger partial charge in [-0.2, -0.15) is 30.4 Å². The van der Waals surface area contributed by atoms with Gasteiger partial charge in [0.25, 0.3) is 0 Å². The number of halogens is 5. The van der Waals surface area contributed by atoms with Gasteiger partial charge in [-0.15, -0.1) is 0 Å². The Bertz CT molecular complexity index is 308. The van der Waals surface area contributed by atoms with E-state index in [-0.39, 0.29) is 6.42 Å². The van der Waals surface area contributed by atoms with Crippen molar-refractivity contribution in [3.05, 3.63) is 0 Å². The van der Waals surface area contributed by atoms with Gasteiger partial charge in [0.1, 0.15) is 0 Å². The summed E-state index contributed by atoms with van der Waals surface area (Å²) in [4.78, 5) is 0. The van der Waals surface area contributed by atoms with Gasteiger partial charge in [0, 0.05) is 0 Å². The van der Waals surface area contributed by atoms with Crippen LogP contribution in [0, 0.1) is 0 Å². The molecule has 3 nitrogen and oxygen atoms in total. The number of hydrogen-bond acceptors (Lipinski definition) is 3. The van der Waals surface area contributed by atoms with Crippen LogP contribution in [0.1, 0.15) is 26.2 Å². The molecule has 0 saturated heterocycles. The van der Waals surface area contributed by atoms with E-state index in [0.717, 1.165) is 0 Å². The SMILES string of the molecule is CCCCCOS(=O)(=O)C(F)(F)C(F)(F)F. The van der Waals surface area contributed by atoms with E-state index in [2.05, 4.69) is 4.18 Å². The van der Waals surface area contributed by atoms with Gasteiger partial charge < -0.3 is 0 Å². The summed E-state index contributed by atoms with van der Waals surface area (Å²) < 4.78 is 84.6. The van der Waals surface area contributed by atoms with Crippen LogP contribution in [0.15, 0.2) is 0 Å². The summed E-state index contributed by atoms with van der Waals surface area (Å²) in [5, 5.41) is -5.87. The molecule has 16 heavy (non-hydrogen) atoms. The first-order valence-electron chi connectivity index (χ1n) is 4.39. The third-order valence-electron chi connectivity index (χ3n) is 1.63. The van der Waals surface area contributed by atoms with Crippen molar-refractivity contribution < 1.29 is 34.6 Å². The van der Waals surface area contributed by atoms with E-state index in [1.807, 2.05) is 0 Å². The van der Waals surface area contributed by atoms with Crippen molar-refractivity contribution >= 4 is 10.1 Å². The third kappa shape index (κ3) is 3.55. The number of rotatable bonds is 6. The topological polar surface area (TPSA) is 43.4 Å². The first-order valence-corrected chi connectivity index (χ1v) is 5.80. The molecule has 0 atom stereocenters. The van der Waals surface area contributed by atoms with E-state index in [4.69, 9.17) is 0 Å². The Labute approximate surface area is 89.7 Å². The fraction of sp³-hybridized carbons (Fsp3) is 1.00. The molecular weight excluding hydrogens is 259 g/mol. The molecule has 0 rings (SSSR count). The number of hydrogen-bond donors (Lipinski definition) is 0. The van der Waals surface area contributed by atoms with Crippen LogP contribution in [-0.2, 0) is 14.3 Å². The van der Waals surface area contributed by atoms with E-state index in [0.29, 0.717) is 12.8 Å². The monoisotopic (exact) mass is 270 g/mol. The zero-order valence-electron chi connectivity index (χ0n) is 8.35. The molecule has 0 N–H and O–H groups in total. The highest BCUT2D eigenvalue weighted by Crippen LogP contribution is 2.40. The van der Waals surface area contributed by atoms with Crippen LogP contribution in [0.25, 0.3) is 0 Å². The predicted octanol–water partition coefficient (Wildman–Crippen LogP) is 2.68. The lowest BCUT2D eigenvalue weighted by Gasteiger charge is -2.18. The van der Waals surface area contributed by atoms with E-state index in [9.17, 15) is 30.4 Å². The highest BCUT2D eigenvalue weighted by Gasteiger charge is 2.68. The van der Waals surface area contributed by atoms with Gasteiger partial charge in [-0.25, -0.2) is 0 Å². The quantitative estimate of drug-likeness (QED) is 0.423. The average molecular weight is 270 g/mol. The molecule has 0 radical (unpaired) electrons. The van der Waals surface area contributed by atoms with Crippen LogP contribution in [0.2, 0.25) is 0 Å². The molecule has 0 spiro atoms. The molecule has 0 heterocycles. The minimum absolute atomic E-state index is 0.101. The van der Waals surface area contributed by atoms with Crippen molar-refractivity contribution in [3.63, 3.8) is 0 Å². The maximum Gasteiger partial charge on any atom is 0.472 e. The Morgan fingerprint density at radius 1 is 1.06 bits per heavy atom. The molecule has 0 aromatic rings. The van der Waals surface area contributed by atoms with Crippen molar-refractivity contribution in [2.45, 2.75) is 37.6 Å². The van der Waals surface area contributed by atoms with Crippen LogP contribution >= 0.6 is 0 Å². The van der Waals surface area contributed by atoms with Gasteiger partial charge in [-0.05, 0) is 6.42 Å². The number of alkyl halides is 5. The lowest BCUT2D eigenvalue weighted by atomic mass is 10.3. The minimum Gasteiger partial charge on any atom is -0.265 e. The first kappa shape index (κ1) is 15.6. The molecule has 9 heteroatoms. The highest BCUT2D eigenvalue weighted by molar-refractivity contribution is 7.87. The summed E-state index contributed by atoms with van der Waals surface area (Å²) in [5.74, 6) is 0. The molecule has 0 saturated carbocycles. The molecule has 0 aliphatic heterocycles. The third-order valence-corrected chi connectivity index (χ3v) is 2.97. The Hall–Kier alpha value is -0.440. The molecule has 0 aromatic heterocycles. The summed E-state index contributed by atoms with van der Waals surface area (Å²) in [6.07, 6.45) is -4.94. The summed E-state index contributed by atoms with van der Waals surface area (Å²) >= 11 is 0. The molecule has 0 fully saturated rings. The molecule has 0 aromatic carbocycles. The van der Waals surface area contributed by atoms with Crippen molar-refractivity contribution in [2.75, 3.05) is 6.61 Å². The highest BCUT2D eigenvalue weighted by atomic mass is 32.2. The Morgan fingerprint density at radius 3 is 1.94 bits per heavy atom. The fourth-order valence-corrected chi connectivity index (χ4v) is 1.51. The summed E-state index contributed by atoms with van der Waals surface area (Å²) in [7, 11) is -5.96. The zero-order valence-corrected chi connectivity index (χ0v) is 9.17. The zero-order chi connectivity index (χ0) is 13.0. The summed E-state index contributed by atoms with van der Waals surface area (Å²) in [5.41, 5.74) is 0. The second kappa shape index (κ2) is 5.26. The molecule has 0 aliphatic rings. The van der Waals surface area contributed by atoms with E-state index >= 15 is 0 Å². The van der Waals surface area contributed by atoms with Crippen LogP contribution in [0.4, 0.5) is 22.0 Å². The molecular formula is C7H11F5O3S. The second-order valence-corrected chi connectivity index (χ2v) is 4.65. The van der Waals surface area contributed by atoms with Crippen molar-refractivity contribution in [2.24, 2.45) is 0 Å². The van der Waals surface area contributed by atoms with Gasteiger partial charge >= 0.3 is 21.5 Å². The van der Waals surface area contributed by atoms with Gasteiger partial charge in [0.2, 0.25) is 0 Å². The van der Waals surface area contributed by atoms with Gasteiger partial charge in [-0.3, -0.25) is 4.18 Å². The lowest BCUT2D eigenvalue weighted by Crippen LogP contribution is -2.44. The van der Waals surface area contributed by atoms with Crippen LogP contribution in [0.3, 0.4) is 0 Å². The van der Waals surface area contributed by atoms with E-state index < -0.39 is 28.2 Å². The molecule has 0 aliphatic carbocycles. The van der Waals surface area contributed by atoms with Crippen LogP contribution in [0.5, 0.6) is 0 Å². The van der Waals surface area contributed by atoms with Gasteiger partial charge in [0.05, 0.1) is 6.61 Å². The minimum atomic E-state index is -6.17. The van der Waals surface area contributed by atoms with Crippen LogP contribution in [-0.4, -0.2) is 26.5 Å². The molecule has 0 bridgehead atoms. The van der Waals surface area contributed by atoms with E-state index in [1.54, 1.807) is 6.92 Å². The second-order valence-electron chi connectivity index (χ2n) is 3.00. The van der Waals surface area contributed by atoms with Crippen molar-refractivity contribution in [1.82, 2.24) is 0 Å². The number of unbranched alkanes of at least 4 members (excludes halogenated alkanes) is 2. The van der Waals surface area contributed by atoms with Crippen LogP contribution < -0.4 is 0 Å². The summed E-state index contributed by atoms with van der Waals surface area (Å²) in [6.45, 7) is 1.07. The maximum atomic E-state index is 12.4. The molecule has 0 amide bonds. The normalized spacial score (nSPS) is 14.1. The largest absolute Gasteiger partial charge is 0.472 e. The van der Waals surface area contributed by atoms with Crippen molar-refractivity contribution in [1.29, 1.82) is 0 Å². The molecule has 0 unspecified atom stereocenters. The fourth-order valence-electron chi connectivity index (χ4n) is 0.736. The van der Waals surface area contributed by atoms with Gasteiger partial charge in [-0.1, -0.05) is 19.8 Å². The predicted molar refractivity (Wildman–Crippen MR) is 45.4 cm³/mol. The molecule has 98 valence electrons. The average Bonchev–Trinajstić information content (AvgIpc) is 2.10.